The molecule has 0 unspecified atom stereocenters. The van der Waals surface area contributed by atoms with E-state index < -0.39 is 10.8 Å². The van der Waals surface area contributed by atoms with Crippen LogP contribution < -0.4 is 10.1 Å². The summed E-state index contributed by atoms with van der Waals surface area (Å²) in [4.78, 5) is 23.8. The third-order valence-corrected chi connectivity index (χ3v) is 4.82. The van der Waals surface area contributed by atoms with Gasteiger partial charge < -0.3 is 14.6 Å². The maximum atomic E-state index is 12.5. The van der Waals surface area contributed by atoms with Crippen molar-refractivity contribution in [2.75, 3.05) is 11.9 Å². The first-order chi connectivity index (χ1) is 14.0. The number of nitriles is 1. The summed E-state index contributed by atoms with van der Waals surface area (Å²) in [5.41, 5.74) is 0.425. The van der Waals surface area contributed by atoms with Crippen molar-refractivity contribution in [3.05, 3.63) is 64.5 Å². The Morgan fingerprint density at radius 1 is 1.34 bits per heavy atom. The summed E-state index contributed by atoms with van der Waals surface area (Å²) in [6, 6.07) is 12.5. The average molecular weight is 410 g/mol. The Balaban J connectivity index is 1.77. The molecule has 1 amide bonds. The summed E-state index contributed by atoms with van der Waals surface area (Å²) in [5.74, 6) is -0.000611. The second kappa shape index (κ2) is 8.85. The van der Waals surface area contributed by atoms with Crippen LogP contribution in [0.5, 0.6) is 5.75 Å². The van der Waals surface area contributed by atoms with Gasteiger partial charge in [0.2, 0.25) is 0 Å². The van der Waals surface area contributed by atoms with Gasteiger partial charge in [-0.3, -0.25) is 14.9 Å². The summed E-state index contributed by atoms with van der Waals surface area (Å²) >= 11 is 1.09. The molecule has 0 radical (unpaired) electrons. The molecule has 0 spiro atoms. The lowest BCUT2D eigenvalue weighted by Crippen LogP contribution is -2.12. The number of carbonyl (C=O) groups is 1. The topological polar surface area (TPSA) is 136 Å². The minimum absolute atomic E-state index is 0.0753. The summed E-state index contributed by atoms with van der Waals surface area (Å²) < 4.78 is 6.78. The van der Waals surface area contributed by atoms with Crippen LogP contribution in [0.4, 0.5) is 11.4 Å². The predicted molar refractivity (Wildman–Crippen MR) is 104 cm³/mol. The normalized spacial score (nSPS) is 10.2. The van der Waals surface area contributed by atoms with Gasteiger partial charge in [0, 0.05) is 24.4 Å². The number of carbonyl (C=O) groups excluding carboxylic acids is 1. The molecule has 1 heterocycles. The zero-order valence-corrected chi connectivity index (χ0v) is 15.9. The van der Waals surface area contributed by atoms with Crippen molar-refractivity contribution in [1.82, 2.24) is 14.8 Å². The lowest BCUT2D eigenvalue weighted by atomic mass is 10.2. The number of rotatable bonds is 7. The van der Waals surface area contributed by atoms with Gasteiger partial charge in [-0.1, -0.05) is 0 Å². The Bertz CT molecular complexity index is 1090. The van der Waals surface area contributed by atoms with Crippen molar-refractivity contribution in [1.29, 1.82) is 5.26 Å². The van der Waals surface area contributed by atoms with Gasteiger partial charge in [-0.15, -0.1) is 10.2 Å². The van der Waals surface area contributed by atoms with Crippen molar-refractivity contribution < 1.29 is 14.5 Å². The molecule has 0 aliphatic heterocycles. The fourth-order valence-electron chi connectivity index (χ4n) is 2.30. The maximum absolute atomic E-state index is 12.5. The Hall–Kier alpha value is -3.91. The average Bonchev–Trinajstić information content (AvgIpc) is 3.12. The molecule has 0 bridgehead atoms. The van der Waals surface area contributed by atoms with Gasteiger partial charge in [0.15, 0.2) is 11.8 Å². The molecule has 0 atom stereocenters. The quantitative estimate of drug-likeness (QED) is 0.464. The molecule has 10 nitrogen and oxygen atoms in total. The van der Waals surface area contributed by atoms with E-state index in [2.05, 4.69) is 15.5 Å². The number of nitro groups is 1. The van der Waals surface area contributed by atoms with Crippen LogP contribution >= 0.6 is 11.8 Å². The van der Waals surface area contributed by atoms with E-state index in [1.165, 1.54) is 24.5 Å². The van der Waals surface area contributed by atoms with Crippen LogP contribution in [-0.4, -0.2) is 32.2 Å². The van der Waals surface area contributed by atoms with E-state index in [0.717, 1.165) is 11.8 Å². The number of aromatic nitrogens is 3. The molecule has 29 heavy (non-hydrogen) atoms. The number of anilines is 1. The molecule has 0 aliphatic carbocycles. The van der Waals surface area contributed by atoms with Crippen LogP contribution in [-0.2, 0) is 7.05 Å². The fourth-order valence-corrected chi connectivity index (χ4v) is 3.15. The smallest absolute Gasteiger partial charge is 0.284 e. The first kappa shape index (κ1) is 19.8. The lowest BCUT2D eigenvalue weighted by molar-refractivity contribution is -0.387. The second-order valence-electron chi connectivity index (χ2n) is 5.69. The molecule has 2 aromatic carbocycles. The van der Waals surface area contributed by atoms with E-state index in [9.17, 15) is 14.9 Å². The predicted octanol–water partition coefficient (Wildman–Crippen LogP) is 3.03. The highest BCUT2D eigenvalue weighted by molar-refractivity contribution is 7.99. The molecule has 146 valence electrons. The van der Waals surface area contributed by atoms with E-state index in [1.807, 2.05) is 6.07 Å². The van der Waals surface area contributed by atoms with Crippen molar-refractivity contribution >= 4 is 29.0 Å². The second-order valence-corrected chi connectivity index (χ2v) is 6.70. The van der Waals surface area contributed by atoms with Crippen LogP contribution in [0.25, 0.3) is 0 Å². The van der Waals surface area contributed by atoms with Crippen molar-refractivity contribution in [2.24, 2.45) is 7.05 Å². The Labute approximate surface area is 169 Å². The van der Waals surface area contributed by atoms with E-state index in [4.69, 9.17) is 10.00 Å². The number of nitrogens with zero attached hydrogens (tertiary/aromatic N) is 5. The van der Waals surface area contributed by atoms with Crippen molar-refractivity contribution in [3.63, 3.8) is 0 Å². The zero-order chi connectivity index (χ0) is 20.8. The lowest BCUT2D eigenvalue weighted by Gasteiger charge is -2.08. The Morgan fingerprint density at radius 3 is 2.72 bits per heavy atom. The van der Waals surface area contributed by atoms with Gasteiger partial charge in [0.05, 0.1) is 9.82 Å². The first-order valence-electron chi connectivity index (χ1n) is 8.19. The maximum Gasteiger partial charge on any atom is 0.284 e. The van der Waals surface area contributed by atoms with Crippen molar-refractivity contribution in [2.45, 2.75) is 10.1 Å². The van der Waals surface area contributed by atoms with Gasteiger partial charge in [-0.2, -0.15) is 5.26 Å². The number of nitrogens with one attached hydrogen (secondary N) is 1. The number of hydrogen-bond acceptors (Lipinski definition) is 8. The number of hydrogen-bond donors (Lipinski definition) is 1. The number of amides is 1. The van der Waals surface area contributed by atoms with E-state index in [0.29, 0.717) is 21.5 Å². The highest BCUT2D eigenvalue weighted by atomic mass is 32.2. The van der Waals surface area contributed by atoms with Crippen LogP contribution in [0.1, 0.15) is 10.4 Å². The third-order valence-electron chi connectivity index (χ3n) is 3.70. The van der Waals surface area contributed by atoms with E-state index >= 15 is 0 Å². The molecule has 0 saturated carbocycles. The monoisotopic (exact) mass is 410 g/mol. The minimum Gasteiger partial charge on any atom is -0.479 e. The zero-order valence-electron chi connectivity index (χ0n) is 15.1. The van der Waals surface area contributed by atoms with Gasteiger partial charge in [-0.25, -0.2) is 0 Å². The number of nitro benzene ring substituents is 1. The molecule has 0 fully saturated rings. The number of benzene rings is 2. The van der Waals surface area contributed by atoms with E-state index in [1.54, 1.807) is 35.9 Å². The molecule has 0 aliphatic rings. The molecule has 3 rings (SSSR count). The van der Waals surface area contributed by atoms with Crippen LogP contribution in [0, 0.1) is 21.4 Å². The SMILES string of the molecule is Cn1cnnc1Sc1ccc(C(=O)Nc2ccc(OCC#N)cc2)cc1[N+](=O)[O-]. The Kier molecular flexibility index (Phi) is 6.06. The molecule has 1 aromatic heterocycles. The summed E-state index contributed by atoms with van der Waals surface area (Å²) in [6.07, 6.45) is 1.49. The first-order valence-corrected chi connectivity index (χ1v) is 9.01. The van der Waals surface area contributed by atoms with Crippen LogP contribution in [0.3, 0.4) is 0 Å². The summed E-state index contributed by atoms with van der Waals surface area (Å²) in [5, 5.41) is 30.8. The van der Waals surface area contributed by atoms with Gasteiger partial charge in [-0.05, 0) is 48.2 Å². The highest BCUT2D eigenvalue weighted by Gasteiger charge is 2.20. The highest BCUT2D eigenvalue weighted by Crippen LogP contribution is 2.34. The molecule has 11 heteroatoms. The molecule has 0 saturated heterocycles. The summed E-state index contributed by atoms with van der Waals surface area (Å²) in [7, 11) is 1.73. The van der Waals surface area contributed by atoms with E-state index in [-0.39, 0.29) is 17.9 Å². The molecular weight excluding hydrogens is 396 g/mol. The van der Waals surface area contributed by atoms with Gasteiger partial charge in [0.25, 0.3) is 11.6 Å². The third kappa shape index (κ3) is 4.88. The number of ether oxygens (including phenoxy) is 1. The fraction of sp³-hybridized carbons (Fsp3) is 0.111. The largest absolute Gasteiger partial charge is 0.479 e. The standard InChI is InChI=1S/C18H14N6O4S/c1-23-11-20-22-18(23)29-16-7-2-12(10-15(16)24(26)27)17(25)21-13-3-5-14(6-4-13)28-9-8-19/h2-7,10-11H,9H2,1H3,(H,21,25). The van der Waals surface area contributed by atoms with Crippen molar-refractivity contribution in [3.8, 4) is 11.8 Å². The number of aryl methyl sites for hydroxylation is 1. The Morgan fingerprint density at radius 2 is 2.10 bits per heavy atom. The van der Waals surface area contributed by atoms with Gasteiger partial charge >= 0.3 is 0 Å². The van der Waals surface area contributed by atoms with Crippen LogP contribution in [0.15, 0.2) is 58.8 Å². The molecule has 3 aromatic rings. The molecule has 1 N–H and O–H groups in total. The van der Waals surface area contributed by atoms with Crippen LogP contribution in [0.2, 0.25) is 0 Å². The summed E-state index contributed by atoms with van der Waals surface area (Å²) in [6.45, 7) is -0.0753. The molecular formula is C18H14N6O4S. The minimum atomic E-state index is -0.545. The van der Waals surface area contributed by atoms with Gasteiger partial charge in [0.1, 0.15) is 18.1 Å².